The summed E-state index contributed by atoms with van der Waals surface area (Å²) in [5, 5.41) is 0. The monoisotopic (exact) mass is 209 g/mol. The van der Waals surface area contributed by atoms with Crippen molar-refractivity contribution in [3.63, 3.8) is 0 Å². The second kappa shape index (κ2) is 4.19. The first-order chi connectivity index (χ1) is 7.16. The lowest BCUT2D eigenvalue weighted by Gasteiger charge is -2.09. The van der Waals surface area contributed by atoms with Crippen LogP contribution < -0.4 is 10.5 Å². The van der Waals surface area contributed by atoms with Gasteiger partial charge in [-0.3, -0.25) is 0 Å². The first-order valence-corrected chi connectivity index (χ1v) is 5.34. The van der Waals surface area contributed by atoms with Crippen LogP contribution in [0.4, 0.5) is 4.39 Å². The molecule has 2 N–H and O–H groups in total. The van der Waals surface area contributed by atoms with Crippen molar-refractivity contribution in [1.82, 2.24) is 0 Å². The maximum atomic E-state index is 13.5. The third kappa shape index (κ3) is 2.69. The van der Waals surface area contributed by atoms with Crippen molar-refractivity contribution in [2.45, 2.75) is 25.8 Å². The Morgan fingerprint density at radius 3 is 2.80 bits per heavy atom. The van der Waals surface area contributed by atoms with Gasteiger partial charge in [-0.25, -0.2) is 4.39 Å². The Morgan fingerprint density at radius 2 is 2.27 bits per heavy atom. The van der Waals surface area contributed by atoms with Crippen LogP contribution in [0.5, 0.6) is 5.75 Å². The highest BCUT2D eigenvalue weighted by Crippen LogP contribution is 2.30. The smallest absolute Gasteiger partial charge is 0.165 e. The number of halogens is 1. The van der Waals surface area contributed by atoms with Crippen molar-refractivity contribution in [1.29, 1.82) is 0 Å². The van der Waals surface area contributed by atoms with E-state index in [0.717, 1.165) is 5.56 Å². The van der Waals surface area contributed by atoms with Gasteiger partial charge in [0, 0.05) is 6.04 Å². The molecule has 15 heavy (non-hydrogen) atoms. The van der Waals surface area contributed by atoms with Gasteiger partial charge < -0.3 is 10.5 Å². The zero-order valence-electron chi connectivity index (χ0n) is 8.87. The summed E-state index contributed by atoms with van der Waals surface area (Å²) in [4.78, 5) is 0. The van der Waals surface area contributed by atoms with Crippen molar-refractivity contribution < 1.29 is 9.13 Å². The summed E-state index contributed by atoms with van der Waals surface area (Å²) < 4.78 is 18.9. The Bertz CT molecular complexity index is 347. The molecule has 1 saturated carbocycles. The van der Waals surface area contributed by atoms with Gasteiger partial charge in [0.15, 0.2) is 11.6 Å². The lowest BCUT2D eigenvalue weighted by Crippen LogP contribution is -2.06. The van der Waals surface area contributed by atoms with E-state index in [1.807, 2.05) is 13.0 Å². The third-order valence-electron chi connectivity index (χ3n) is 2.65. The van der Waals surface area contributed by atoms with E-state index in [9.17, 15) is 4.39 Å². The molecular formula is C12H16FNO. The van der Waals surface area contributed by atoms with E-state index in [1.165, 1.54) is 18.9 Å². The third-order valence-corrected chi connectivity index (χ3v) is 2.65. The topological polar surface area (TPSA) is 35.2 Å². The summed E-state index contributed by atoms with van der Waals surface area (Å²) in [6, 6.07) is 4.79. The fraction of sp³-hybridized carbons (Fsp3) is 0.500. The highest BCUT2D eigenvalue weighted by molar-refractivity contribution is 5.30. The minimum atomic E-state index is -0.314. The van der Waals surface area contributed by atoms with E-state index in [1.54, 1.807) is 6.07 Å². The van der Waals surface area contributed by atoms with Crippen LogP contribution in [0.3, 0.4) is 0 Å². The Morgan fingerprint density at radius 1 is 1.53 bits per heavy atom. The van der Waals surface area contributed by atoms with Gasteiger partial charge in [0.05, 0.1) is 6.61 Å². The van der Waals surface area contributed by atoms with Gasteiger partial charge in [0.25, 0.3) is 0 Å². The van der Waals surface area contributed by atoms with Crippen molar-refractivity contribution in [3.05, 3.63) is 29.6 Å². The molecule has 0 spiro atoms. The number of hydrogen-bond acceptors (Lipinski definition) is 2. The minimum Gasteiger partial charge on any atom is -0.490 e. The van der Waals surface area contributed by atoms with Crippen LogP contribution in [-0.2, 0) is 0 Å². The minimum absolute atomic E-state index is 0.142. The first kappa shape index (κ1) is 10.4. The molecule has 2 rings (SSSR count). The summed E-state index contributed by atoms with van der Waals surface area (Å²) in [7, 11) is 0. The van der Waals surface area contributed by atoms with Crippen LogP contribution in [0, 0.1) is 11.7 Å². The molecule has 82 valence electrons. The molecule has 0 unspecified atom stereocenters. The highest BCUT2D eigenvalue weighted by Gasteiger charge is 2.22. The molecule has 0 aromatic heterocycles. The molecule has 1 aliphatic rings. The molecule has 0 aliphatic heterocycles. The van der Waals surface area contributed by atoms with Crippen molar-refractivity contribution >= 4 is 0 Å². The Balaban J connectivity index is 2.04. The normalized spacial score (nSPS) is 17.5. The SMILES string of the molecule is C[C@@H](N)c1ccc(OCC2CC2)c(F)c1. The predicted molar refractivity (Wildman–Crippen MR) is 57.2 cm³/mol. The summed E-state index contributed by atoms with van der Waals surface area (Å²) >= 11 is 0. The highest BCUT2D eigenvalue weighted by atomic mass is 19.1. The predicted octanol–water partition coefficient (Wildman–Crippen LogP) is 2.63. The second-order valence-electron chi connectivity index (χ2n) is 4.23. The molecule has 1 atom stereocenters. The van der Waals surface area contributed by atoms with Crippen LogP contribution in [0.25, 0.3) is 0 Å². The number of hydrogen-bond donors (Lipinski definition) is 1. The molecule has 1 aromatic carbocycles. The van der Waals surface area contributed by atoms with Crippen molar-refractivity contribution in [3.8, 4) is 5.75 Å². The van der Waals surface area contributed by atoms with E-state index >= 15 is 0 Å². The van der Waals surface area contributed by atoms with Gasteiger partial charge in [0.1, 0.15) is 0 Å². The standard InChI is InChI=1S/C12H16FNO/c1-8(14)10-4-5-12(11(13)6-10)15-7-9-2-3-9/h4-6,8-9H,2-3,7,14H2,1H3/t8-/m1/s1. The van der Waals surface area contributed by atoms with E-state index in [0.29, 0.717) is 18.3 Å². The van der Waals surface area contributed by atoms with Gasteiger partial charge in [-0.15, -0.1) is 0 Å². The van der Waals surface area contributed by atoms with Crippen molar-refractivity contribution in [2.75, 3.05) is 6.61 Å². The van der Waals surface area contributed by atoms with E-state index in [-0.39, 0.29) is 11.9 Å². The van der Waals surface area contributed by atoms with Gasteiger partial charge in [-0.1, -0.05) is 6.07 Å². The fourth-order valence-corrected chi connectivity index (χ4v) is 1.41. The Kier molecular flexibility index (Phi) is 2.91. The molecule has 2 nitrogen and oxygen atoms in total. The average molecular weight is 209 g/mol. The van der Waals surface area contributed by atoms with Crippen LogP contribution in [0.2, 0.25) is 0 Å². The summed E-state index contributed by atoms with van der Waals surface area (Å²) in [6.07, 6.45) is 2.42. The maximum Gasteiger partial charge on any atom is 0.165 e. The lowest BCUT2D eigenvalue weighted by atomic mass is 10.1. The van der Waals surface area contributed by atoms with Crippen molar-refractivity contribution in [2.24, 2.45) is 11.7 Å². The zero-order valence-corrected chi connectivity index (χ0v) is 8.87. The van der Waals surface area contributed by atoms with Gasteiger partial charge in [0.2, 0.25) is 0 Å². The molecule has 1 fully saturated rings. The van der Waals surface area contributed by atoms with Crippen LogP contribution in [0.15, 0.2) is 18.2 Å². The summed E-state index contributed by atoms with van der Waals surface area (Å²) in [6.45, 7) is 2.47. The maximum absolute atomic E-state index is 13.5. The molecule has 0 bridgehead atoms. The largest absolute Gasteiger partial charge is 0.490 e. The number of rotatable bonds is 4. The van der Waals surface area contributed by atoms with Crippen LogP contribution in [-0.4, -0.2) is 6.61 Å². The Hall–Kier alpha value is -1.09. The van der Waals surface area contributed by atoms with Crippen LogP contribution in [0.1, 0.15) is 31.4 Å². The molecule has 0 amide bonds. The average Bonchev–Trinajstić information content (AvgIpc) is 2.99. The molecule has 0 radical (unpaired) electrons. The molecule has 0 heterocycles. The number of nitrogens with two attached hydrogens (primary N) is 1. The Labute approximate surface area is 89.2 Å². The summed E-state index contributed by atoms with van der Waals surface area (Å²) in [5.74, 6) is 0.661. The van der Waals surface area contributed by atoms with E-state index in [2.05, 4.69) is 0 Å². The first-order valence-electron chi connectivity index (χ1n) is 5.34. The zero-order chi connectivity index (χ0) is 10.8. The van der Waals surface area contributed by atoms with Gasteiger partial charge in [-0.2, -0.15) is 0 Å². The number of benzene rings is 1. The molecule has 1 aromatic rings. The second-order valence-corrected chi connectivity index (χ2v) is 4.23. The van der Waals surface area contributed by atoms with E-state index < -0.39 is 0 Å². The van der Waals surface area contributed by atoms with Crippen LogP contribution >= 0.6 is 0 Å². The molecule has 1 aliphatic carbocycles. The molecular weight excluding hydrogens is 193 g/mol. The quantitative estimate of drug-likeness (QED) is 0.827. The summed E-state index contributed by atoms with van der Waals surface area (Å²) in [5.41, 5.74) is 6.45. The van der Waals surface area contributed by atoms with Gasteiger partial charge in [-0.05, 0) is 43.4 Å². The van der Waals surface area contributed by atoms with E-state index in [4.69, 9.17) is 10.5 Å². The fourth-order valence-electron chi connectivity index (χ4n) is 1.41. The molecule has 3 heteroatoms. The number of ether oxygens (including phenoxy) is 1. The van der Waals surface area contributed by atoms with Gasteiger partial charge >= 0.3 is 0 Å². The lowest BCUT2D eigenvalue weighted by molar-refractivity contribution is 0.285. The molecule has 0 saturated heterocycles.